The Morgan fingerprint density at radius 1 is 1.05 bits per heavy atom. The molecular formula is C32H37FN2O6. The van der Waals surface area contributed by atoms with Crippen LogP contribution in [0.5, 0.6) is 11.5 Å². The van der Waals surface area contributed by atoms with E-state index in [9.17, 15) is 9.59 Å². The number of benzene rings is 2. The first-order chi connectivity index (χ1) is 19.6. The van der Waals surface area contributed by atoms with Gasteiger partial charge in [-0.3, -0.25) is 9.36 Å². The van der Waals surface area contributed by atoms with Gasteiger partial charge in [-0.25, -0.2) is 9.18 Å². The molecule has 41 heavy (non-hydrogen) atoms. The summed E-state index contributed by atoms with van der Waals surface area (Å²) >= 11 is 0. The normalized spacial score (nSPS) is 24.0. The van der Waals surface area contributed by atoms with Crippen molar-refractivity contribution in [2.45, 2.75) is 89.2 Å². The first kappa shape index (κ1) is 27.6. The van der Waals surface area contributed by atoms with Crippen LogP contribution in [0.3, 0.4) is 0 Å². The lowest BCUT2D eigenvalue weighted by molar-refractivity contribution is -0.00754. The topological polar surface area (TPSA) is 79.2 Å². The molecule has 1 aromatic heterocycles. The molecular weight excluding hydrogens is 527 g/mol. The Labute approximate surface area is 238 Å². The van der Waals surface area contributed by atoms with Gasteiger partial charge in [0.05, 0.1) is 11.8 Å². The standard InChI is InChI=1S/C32H37FN2O6/c1-32(2,3)41-31(37)35-22-6-7-23(35)17-26(16-22)40-29-11-8-21(18-28(29)33)34-13-12-20-15-24(9-10-27(20)30(34)36)39-19-25-5-4-14-38-25/h8-13,15,18,22-23,25-26H,4-7,14,16-17,19H2,1-3H3/t22-,23+,25-,26+/m1/s1. The Hall–Kier alpha value is -3.59. The molecule has 0 spiro atoms. The Balaban J connectivity index is 1.13. The summed E-state index contributed by atoms with van der Waals surface area (Å²) in [6, 6.07) is 11.8. The van der Waals surface area contributed by atoms with Gasteiger partial charge in [0, 0.05) is 49.2 Å². The molecule has 3 aromatic rings. The molecule has 4 atom stereocenters. The van der Waals surface area contributed by atoms with E-state index in [0.717, 1.165) is 37.7 Å². The number of aromatic nitrogens is 1. The maximum atomic E-state index is 15.3. The summed E-state index contributed by atoms with van der Waals surface area (Å²) in [5, 5.41) is 1.27. The fourth-order valence-corrected chi connectivity index (χ4v) is 6.23. The van der Waals surface area contributed by atoms with Crippen LogP contribution in [0.2, 0.25) is 0 Å². The fraction of sp³-hybridized carbons (Fsp3) is 0.500. The summed E-state index contributed by atoms with van der Waals surface area (Å²) in [5.41, 5.74) is -0.378. The predicted molar refractivity (Wildman–Crippen MR) is 153 cm³/mol. The van der Waals surface area contributed by atoms with Crippen LogP contribution in [0.4, 0.5) is 9.18 Å². The van der Waals surface area contributed by atoms with E-state index in [1.54, 1.807) is 30.5 Å². The molecule has 3 aliphatic rings. The van der Waals surface area contributed by atoms with E-state index < -0.39 is 11.4 Å². The van der Waals surface area contributed by atoms with Crippen molar-refractivity contribution in [3.63, 3.8) is 0 Å². The highest BCUT2D eigenvalue weighted by Crippen LogP contribution is 2.38. The van der Waals surface area contributed by atoms with E-state index in [0.29, 0.717) is 36.3 Å². The zero-order valence-corrected chi connectivity index (χ0v) is 23.8. The van der Waals surface area contributed by atoms with Crippen molar-refractivity contribution < 1.29 is 28.1 Å². The molecule has 3 aliphatic heterocycles. The van der Waals surface area contributed by atoms with Crippen molar-refractivity contribution in [1.29, 1.82) is 0 Å². The summed E-state index contributed by atoms with van der Waals surface area (Å²) < 4.78 is 39.9. The lowest BCUT2D eigenvalue weighted by atomic mass is 10.00. The molecule has 3 fully saturated rings. The first-order valence-corrected chi connectivity index (χ1v) is 14.5. The number of carbonyl (C=O) groups excluding carboxylic acids is 1. The van der Waals surface area contributed by atoms with Gasteiger partial charge in [-0.2, -0.15) is 0 Å². The molecule has 8 nitrogen and oxygen atoms in total. The van der Waals surface area contributed by atoms with Gasteiger partial charge in [0.1, 0.15) is 24.1 Å². The summed E-state index contributed by atoms with van der Waals surface area (Å²) in [7, 11) is 0. The van der Waals surface area contributed by atoms with Gasteiger partial charge in [-0.1, -0.05) is 0 Å². The zero-order chi connectivity index (χ0) is 28.7. The van der Waals surface area contributed by atoms with Crippen molar-refractivity contribution >= 4 is 16.9 Å². The van der Waals surface area contributed by atoms with E-state index in [-0.39, 0.29) is 41.7 Å². The Morgan fingerprint density at radius 2 is 1.83 bits per heavy atom. The first-order valence-electron chi connectivity index (χ1n) is 14.5. The number of piperidine rings is 1. The van der Waals surface area contributed by atoms with Gasteiger partial charge in [0.2, 0.25) is 0 Å². The lowest BCUT2D eigenvalue weighted by Crippen LogP contribution is -2.50. The molecule has 0 radical (unpaired) electrons. The minimum Gasteiger partial charge on any atom is -0.491 e. The van der Waals surface area contributed by atoms with Crippen LogP contribution in [0.15, 0.2) is 53.5 Å². The third-order valence-electron chi connectivity index (χ3n) is 8.12. The van der Waals surface area contributed by atoms with Gasteiger partial charge in [-0.15, -0.1) is 0 Å². The summed E-state index contributed by atoms with van der Waals surface area (Å²) in [5.74, 6) is 0.295. The van der Waals surface area contributed by atoms with E-state index in [2.05, 4.69) is 0 Å². The van der Waals surface area contributed by atoms with Crippen LogP contribution >= 0.6 is 0 Å². The van der Waals surface area contributed by atoms with Crippen LogP contribution in [0.1, 0.15) is 59.3 Å². The Bertz CT molecular complexity index is 1480. The molecule has 2 bridgehead atoms. The maximum Gasteiger partial charge on any atom is 0.410 e. The van der Waals surface area contributed by atoms with Crippen LogP contribution in [0, 0.1) is 5.82 Å². The Kier molecular flexibility index (Phi) is 7.40. The quantitative estimate of drug-likeness (QED) is 0.366. The molecule has 9 heteroatoms. The minimum atomic E-state index is -0.552. The second-order valence-corrected chi connectivity index (χ2v) is 12.3. The molecule has 6 rings (SSSR count). The van der Waals surface area contributed by atoms with Crippen LogP contribution in [-0.2, 0) is 9.47 Å². The van der Waals surface area contributed by atoms with Crippen molar-refractivity contribution in [2.75, 3.05) is 13.2 Å². The largest absolute Gasteiger partial charge is 0.491 e. The molecule has 3 saturated heterocycles. The van der Waals surface area contributed by atoms with E-state index in [1.165, 1.54) is 10.6 Å². The molecule has 0 N–H and O–H groups in total. The minimum absolute atomic E-state index is 0.0223. The van der Waals surface area contributed by atoms with E-state index in [4.69, 9.17) is 18.9 Å². The maximum absolute atomic E-state index is 15.3. The zero-order valence-electron chi connectivity index (χ0n) is 23.8. The van der Waals surface area contributed by atoms with E-state index >= 15 is 4.39 Å². The van der Waals surface area contributed by atoms with E-state index in [1.807, 2.05) is 37.8 Å². The average Bonchev–Trinajstić information content (AvgIpc) is 3.54. The van der Waals surface area contributed by atoms with Crippen molar-refractivity contribution in [3.05, 3.63) is 64.8 Å². The van der Waals surface area contributed by atoms with Crippen LogP contribution in [-0.4, -0.2) is 58.7 Å². The summed E-state index contributed by atoms with van der Waals surface area (Å²) in [4.78, 5) is 27.9. The fourth-order valence-electron chi connectivity index (χ4n) is 6.23. The lowest BCUT2D eigenvalue weighted by Gasteiger charge is -2.39. The predicted octanol–water partition coefficient (Wildman–Crippen LogP) is 6.00. The van der Waals surface area contributed by atoms with Gasteiger partial charge < -0.3 is 23.8 Å². The smallest absolute Gasteiger partial charge is 0.410 e. The SMILES string of the molecule is CC(C)(C)OC(=O)N1[C@@H]2CC[C@H]1C[C@@H](Oc1ccc(-n3ccc4cc(OC[C@H]5CCCO5)ccc4c3=O)cc1F)C2. The van der Waals surface area contributed by atoms with Crippen molar-refractivity contribution in [1.82, 2.24) is 9.47 Å². The molecule has 0 aliphatic carbocycles. The highest BCUT2D eigenvalue weighted by Gasteiger charge is 2.45. The van der Waals surface area contributed by atoms with Gasteiger partial charge in [-0.05, 0) is 88.2 Å². The van der Waals surface area contributed by atoms with Crippen LogP contribution in [0.25, 0.3) is 16.5 Å². The number of rotatable bonds is 6. The highest BCUT2D eigenvalue weighted by atomic mass is 19.1. The third kappa shape index (κ3) is 5.91. The number of fused-ring (bicyclic) bond motifs is 3. The molecule has 4 heterocycles. The number of nitrogens with zero attached hydrogens (tertiary/aromatic N) is 2. The second kappa shape index (κ2) is 11.0. The number of hydrogen-bond donors (Lipinski definition) is 0. The number of amides is 1. The Morgan fingerprint density at radius 3 is 2.51 bits per heavy atom. The third-order valence-corrected chi connectivity index (χ3v) is 8.12. The van der Waals surface area contributed by atoms with Crippen molar-refractivity contribution in [3.8, 4) is 17.2 Å². The summed E-state index contributed by atoms with van der Waals surface area (Å²) in [6.45, 7) is 6.84. The number of carbonyl (C=O) groups is 1. The summed E-state index contributed by atoms with van der Waals surface area (Å²) in [6.07, 6.45) is 6.34. The van der Waals surface area contributed by atoms with Gasteiger partial charge in [0.25, 0.3) is 5.56 Å². The van der Waals surface area contributed by atoms with Crippen molar-refractivity contribution in [2.24, 2.45) is 0 Å². The second-order valence-electron chi connectivity index (χ2n) is 12.3. The van der Waals surface area contributed by atoms with Gasteiger partial charge >= 0.3 is 6.09 Å². The number of halogens is 1. The molecule has 218 valence electrons. The molecule has 1 amide bonds. The average molecular weight is 565 g/mol. The number of ether oxygens (including phenoxy) is 4. The molecule has 0 unspecified atom stereocenters. The number of hydrogen-bond acceptors (Lipinski definition) is 6. The monoisotopic (exact) mass is 564 g/mol. The van der Waals surface area contributed by atoms with Gasteiger partial charge in [0.15, 0.2) is 11.6 Å². The van der Waals surface area contributed by atoms with Crippen LogP contribution < -0.4 is 15.0 Å². The number of pyridine rings is 1. The molecule has 2 aromatic carbocycles. The highest BCUT2D eigenvalue weighted by molar-refractivity contribution is 5.83. The molecule has 0 saturated carbocycles.